The Bertz CT molecular complexity index is 2140. The van der Waals surface area contributed by atoms with Gasteiger partial charge in [-0.2, -0.15) is 0 Å². The van der Waals surface area contributed by atoms with Gasteiger partial charge in [0.25, 0.3) is 0 Å². The van der Waals surface area contributed by atoms with Crippen molar-refractivity contribution in [2.24, 2.45) is 0 Å². The van der Waals surface area contributed by atoms with Crippen LogP contribution in [0.4, 0.5) is 0 Å². The molecule has 0 bridgehead atoms. The second kappa shape index (κ2) is 7.77. The summed E-state index contributed by atoms with van der Waals surface area (Å²) >= 11 is 0. The third-order valence-corrected chi connectivity index (χ3v) is 7.73. The highest BCUT2D eigenvalue weighted by atomic mass is 15.2. The lowest BCUT2D eigenvalue weighted by atomic mass is 10.1. The largest absolute Gasteiger partial charge is 0.309 e. The quantitative estimate of drug-likeness (QED) is 0.229. The molecule has 4 nitrogen and oxygen atoms in total. The maximum absolute atomic E-state index is 4.69. The Morgan fingerprint density at radius 1 is 0.500 bits per heavy atom. The summed E-state index contributed by atoms with van der Waals surface area (Å²) in [7, 11) is 0. The second-order valence-electron chi connectivity index (χ2n) is 10.2. The minimum atomic E-state index is 0.849. The van der Waals surface area contributed by atoms with Gasteiger partial charge in [0, 0.05) is 32.8 Å². The molecule has 8 aromatic rings. The summed E-state index contributed by atoms with van der Waals surface area (Å²) < 4.78 is 4.57. The molecule has 0 amide bonds. The number of nitrogens with zero attached hydrogens (tertiary/aromatic N) is 4. The smallest absolute Gasteiger partial charge is 0.169 e. The third-order valence-electron chi connectivity index (χ3n) is 7.73. The van der Waals surface area contributed by atoms with Crippen LogP contribution in [0.25, 0.3) is 66.2 Å². The summed E-state index contributed by atoms with van der Waals surface area (Å²) in [4.78, 5) is 0. The molecule has 0 aliphatic rings. The fourth-order valence-corrected chi connectivity index (χ4v) is 5.96. The van der Waals surface area contributed by atoms with Crippen LogP contribution in [0, 0.1) is 13.8 Å². The molecule has 0 aliphatic carbocycles. The number of aromatic nitrogens is 4. The minimum absolute atomic E-state index is 0.849. The molecule has 0 spiro atoms. The van der Waals surface area contributed by atoms with Gasteiger partial charge in [-0.05, 0) is 72.8 Å². The van der Waals surface area contributed by atoms with E-state index in [1.54, 1.807) is 0 Å². The number of aryl methyl sites for hydroxylation is 2. The van der Waals surface area contributed by atoms with Crippen LogP contribution in [-0.2, 0) is 0 Å². The summed E-state index contributed by atoms with van der Waals surface area (Å²) in [5.74, 6) is 0.849. The molecule has 0 radical (unpaired) electrons. The van der Waals surface area contributed by atoms with E-state index in [0.29, 0.717) is 0 Å². The Morgan fingerprint density at radius 2 is 1.08 bits per heavy atom. The van der Waals surface area contributed by atoms with Crippen LogP contribution < -0.4 is 0 Å². The van der Waals surface area contributed by atoms with Crippen molar-refractivity contribution in [2.45, 2.75) is 13.8 Å². The van der Waals surface area contributed by atoms with Crippen molar-refractivity contribution in [3.63, 3.8) is 0 Å². The number of rotatable bonds is 2. The molecule has 0 fully saturated rings. The number of fused-ring (bicyclic) bond motifs is 9. The predicted molar refractivity (Wildman–Crippen MR) is 157 cm³/mol. The first-order valence-corrected chi connectivity index (χ1v) is 12.9. The summed E-state index contributed by atoms with van der Waals surface area (Å²) in [6, 6.07) is 39.1. The van der Waals surface area contributed by atoms with Crippen molar-refractivity contribution in [3.8, 4) is 17.1 Å². The zero-order valence-electron chi connectivity index (χ0n) is 21.2. The number of benzene rings is 5. The fourth-order valence-electron chi connectivity index (χ4n) is 5.96. The number of hydrogen-bond acceptors (Lipinski definition) is 2. The maximum atomic E-state index is 4.69. The molecule has 0 saturated heterocycles. The van der Waals surface area contributed by atoms with E-state index in [2.05, 4.69) is 142 Å². The molecule has 180 valence electrons. The summed E-state index contributed by atoms with van der Waals surface area (Å²) in [5, 5.41) is 15.4. The van der Waals surface area contributed by atoms with E-state index in [-0.39, 0.29) is 0 Å². The molecule has 0 N–H and O–H groups in total. The highest BCUT2D eigenvalue weighted by Crippen LogP contribution is 2.35. The summed E-state index contributed by atoms with van der Waals surface area (Å²) in [6.45, 7) is 4.31. The number of hydrogen-bond donors (Lipinski definition) is 0. The third kappa shape index (κ3) is 2.91. The van der Waals surface area contributed by atoms with E-state index in [0.717, 1.165) is 33.6 Å². The zero-order valence-corrected chi connectivity index (χ0v) is 21.2. The van der Waals surface area contributed by atoms with E-state index in [1.807, 2.05) is 0 Å². The first kappa shape index (κ1) is 21.2. The number of pyridine rings is 1. The Hall–Kier alpha value is -4.96. The van der Waals surface area contributed by atoms with Gasteiger partial charge in [0.05, 0.1) is 16.6 Å². The molecule has 3 aromatic heterocycles. The molecule has 0 saturated carbocycles. The highest BCUT2D eigenvalue weighted by Gasteiger charge is 2.17. The van der Waals surface area contributed by atoms with Gasteiger partial charge >= 0.3 is 0 Å². The van der Waals surface area contributed by atoms with Crippen LogP contribution in [0.2, 0.25) is 0 Å². The van der Waals surface area contributed by atoms with Gasteiger partial charge in [-0.1, -0.05) is 66.7 Å². The van der Waals surface area contributed by atoms with Crippen molar-refractivity contribution >= 4 is 49.1 Å². The summed E-state index contributed by atoms with van der Waals surface area (Å²) in [6.07, 6.45) is 0. The van der Waals surface area contributed by atoms with Crippen molar-refractivity contribution in [1.29, 1.82) is 0 Å². The van der Waals surface area contributed by atoms with Gasteiger partial charge in [-0.3, -0.25) is 4.40 Å². The molecule has 3 heterocycles. The first-order chi connectivity index (χ1) is 18.7. The molecular weight excluding hydrogens is 464 g/mol. The van der Waals surface area contributed by atoms with Gasteiger partial charge < -0.3 is 4.57 Å². The van der Waals surface area contributed by atoms with Crippen LogP contribution in [0.15, 0.2) is 109 Å². The van der Waals surface area contributed by atoms with E-state index in [1.165, 1.54) is 43.7 Å². The molecule has 38 heavy (non-hydrogen) atoms. The van der Waals surface area contributed by atoms with Crippen LogP contribution in [0.1, 0.15) is 11.1 Å². The van der Waals surface area contributed by atoms with Crippen LogP contribution in [0.5, 0.6) is 0 Å². The molecule has 4 heteroatoms. The second-order valence-corrected chi connectivity index (χ2v) is 10.2. The van der Waals surface area contributed by atoms with Crippen molar-refractivity contribution in [2.75, 3.05) is 0 Å². The normalized spacial score (nSPS) is 11.9. The molecule has 8 rings (SSSR count). The molecule has 0 atom stereocenters. The lowest BCUT2D eigenvalue weighted by Crippen LogP contribution is -1.96. The monoisotopic (exact) mass is 488 g/mol. The topological polar surface area (TPSA) is 35.1 Å². The summed E-state index contributed by atoms with van der Waals surface area (Å²) in [5.41, 5.74) is 9.12. The highest BCUT2D eigenvalue weighted by molar-refractivity contribution is 6.12. The average molecular weight is 489 g/mol. The average Bonchev–Trinajstić information content (AvgIpc) is 3.53. The molecular formula is C34H24N4. The Kier molecular flexibility index (Phi) is 4.32. The lowest BCUT2D eigenvalue weighted by molar-refractivity contribution is 1.11. The lowest BCUT2D eigenvalue weighted by Gasteiger charge is -2.11. The van der Waals surface area contributed by atoms with Crippen LogP contribution in [-0.4, -0.2) is 19.2 Å². The van der Waals surface area contributed by atoms with E-state index in [9.17, 15) is 0 Å². The number of para-hydroxylation sites is 1. The van der Waals surface area contributed by atoms with E-state index in [4.69, 9.17) is 0 Å². The van der Waals surface area contributed by atoms with Crippen molar-refractivity contribution < 1.29 is 0 Å². The molecule has 5 aromatic carbocycles. The van der Waals surface area contributed by atoms with Gasteiger partial charge in [-0.15, -0.1) is 10.2 Å². The van der Waals surface area contributed by atoms with E-state index < -0.39 is 0 Å². The van der Waals surface area contributed by atoms with Gasteiger partial charge in [-0.25, -0.2) is 0 Å². The van der Waals surface area contributed by atoms with Crippen molar-refractivity contribution in [3.05, 3.63) is 120 Å². The molecule has 0 unspecified atom stereocenters. The van der Waals surface area contributed by atoms with Gasteiger partial charge in [0.15, 0.2) is 11.5 Å². The fraction of sp³-hybridized carbons (Fsp3) is 0.0588. The Balaban J connectivity index is 1.36. The Labute approximate surface area is 219 Å². The van der Waals surface area contributed by atoms with Crippen LogP contribution in [0.3, 0.4) is 0 Å². The van der Waals surface area contributed by atoms with Crippen molar-refractivity contribution in [1.82, 2.24) is 19.2 Å². The zero-order chi connectivity index (χ0) is 25.4. The van der Waals surface area contributed by atoms with Gasteiger partial charge in [0.1, 0.15) is 0 Å². The molecule has 0 aliphatic heterocycles. The standard InChI is InChI=1S/C34H24N4/c1-21-11-17-27-28-18-12-22(2)20-32(28)37(31(27)19-21)24-15-13-23(14-16-24)33-35-36-34-29-9-4-3-7-25(29)26-8-5-6-10-30(26)38(33)34/h3-20H,1-2H3. The van der Waals surface area contributed by atoms with Crippen LogP contribution >= 0.6 is 0 Å². The van der Waals surface area contributed by atoms with E-state index >= 15 is 0 Å². The predicted octanol–water partition coefficient (Wildman–Crippen LogP) is 8.42. The maximum Gasteiger partial charge on any atom is 0.169 e. The Morgan fingerprint density at radius 3 is 1.76 bits per heavy atom. The van der Waals surface area contributed by atoms with Gasteiger partial charge in [0.2, 0.25) is 0 Å². The minimum Gasteiger partial charge on any atom is -0.309 e. The SMILES string of the molecule is Cc1ccc2c3ccc(C)cc3n(-c3ccc(-c4nnc5c6ccccc6c6ccccc6n45)cc3)c2c1. The first-order valence-electron chi connectivity index (χ1n) is 12.9.